The molecule has 0 bridgehead atoms. The highest BCUT2D eigenvalue weighted by Gasteiger charge is 2.10. The molecular weight excluding hydrogens is 284 g/mol. The number of thiophene rings is 1. The number of aromatic nitrogens is 2. The first-order valence-corrected chi connectivity index (χ1v) is 8.78. The summed E-state index contributed by atoms with van der Waals surface area (Å²) in [4.78, 5) is 16.4. The second-order valence-electron chi connectivity index (χ2n) is 4.43. The van der Waals surface area contributed by atoms with E-state index in [1.807, 2.05) is 12.3 Å². The highest BCUT2D eigenvalue weighted by Crippen LogP contribution is 2.19. The predicted octanol–water partition coefficient (Wildman–Crippen LogP) is 1.59. The van der Waals surface area contributed by atoms with E-state index in [-0.39, 0.29) is 17.1 Å². The molecular formula is C12H16N2O3S2. The lowest BCUT2D eigenvalue weighted by atomic mass is 10.3. The van der Waals surface area contributed by atoms with Crippen molar-refractivity contribution < 1.29 is 8.42 Å². The second-order valence-corrected chi connectivity index (χ2v) is 7.78. The van der Waals surface area contributed by atoms with Gasteiger partial charge in [-0.15, -0.1) is 11.3 Å². The van der Waals surface area contributed by atoms with Gasteiger partial charge in [0.05, 0.1) is 17.6 Å². The number of fused-ring (bicyclic) bond motifs is 1. The molecule has 0 N–H and O–H groups in total. The maximum absolute atomic E-state index is 12.2. The molecule has 104 valence electrons. The average molecular weight is 300 g/mol. The van der Waals surface area contributed by atoms with E-state index in [2.05, 4.69) is 4.98 Å². The SMILES string of the molecule is CCS(=O)(=O)CCCn1cnc2c(C)csc2c1=O. The molecule has 19 heavy (non-hydrogen) atoms. The summed E-state index contributed by atoms with van der Waals surface area (Å²) < 4.78 is 24.9. The van der Waals surface area contributed by atoms with Gasteiger partial charge >= 0.3 is 0 Å². The minimum Gasteiger partial charge on any atom is -0.298 e. The Morgan fingerprint density at radius 3 is 2.84 bits per heavy atom. The van der Waals surface area contributed by atoms with Gasteiger partial charge in [0.25, 0.3) is 5.56 Å². The van der Waals surface area contributed by atoms with Gasteiger partial charge < -0.3 is 0 Å². The van der Waals surface area contributed by atoms with E-state index in [4.69, 9.17) is 0 Å². The highest BCUT2D eigenvalue weighted by molar-refractivity contribution is 7.91. The molecule has 0 aliphatic rings. The molecule has 2 aromatic rings. The summed E-state index contributed by atoms with van der Waals surface area (Å²) in [5.41, 5.74) is 1.65. The Bertz CT molecular complexity index is 744. The zero-order valence-corrected chi connectivity index (χ0v) is 12.6. The summed E-state index contributed by atoms with van der Waals surface area (Å²) in [7, 11) is -2.97. The molecule has 2 rings (SSSR count). The Morgan fingerprint density at radius 1 is 1.42 bits per heavy atom. The third kappa shape index (κ3) is 3.03. The lowest BCUT2D eigenvalue weighted by Gasteiger charge is -2.05. The van der Waals surface area contributed by atoms with Gasteiger partial charge in [-0.25, -0.2) is 13.4 Å². The van der Waals surface area contributed by atoms with Crippen LogP contribution in [0.2, 0.25) is 0 Å². The van der Waals surface area contributed by atoms with Crippen LogP contribution in [0.5, 0.6) is 0 Å². The van der Waals surface area contributed by atoms with Crippen LogP contribution in [0.4, 0.5) is 0 Å². The van der Waals surface area contributed by atoms with Crippen LogP contribution in [-0.2, 0) is 16.4 Å². The summed E-state index contributed by atoms with van der Waals surface area (Å²) in [5, 5.41) is 1.91. The lowest BCUT2D eigenvalue weighted by Crippen LogP contribution is -2.21. The van der Waals surface area contributed by atoms with E-state index in [1.165, 1.54) is 22.2 Å². The number of nitrogens with zero attached hydrogens (tertiary/aromatic N) is 2. The van der Waals surface area contributed by atoms with Crippen LogP contribution >= 0.6 is 11.3 Å². The van der Waals surface area contributed by atoms with Crippen molar-refractivity contribution in [3.63, 3.8) is 0 Å². The summed E-state index contributed by atoms with van der Waals surface area (Å²) in [5.74, 6) is 0.251. The molecule has 5 nitrogen and oxygen atoms in total. The molecule has 0 spiro atoms. The summed E-state index contributed by atoms with van der Waals surface area (Å²) in [6.45, 7) is 3.94. The molecule has 0 radical (unpaired) electrons. The molecule has 2 aromatic heterocycles. The first kappa shape index (κ1) is 14.2. The van der Waals surface area contributed by atoms with Gasteiger partial charge in [0.15, 0.2) is 0 Å². The van der Waals surface area contributed by atoms with Crippen molar-refractivity contribution in [2.24, 2.45) is 0 Å². The average Bonchev–Trinajstić information content (AvgIpc) is 2.75. The fraction of sp³-hybridized carbons (Fsp3) is 0.500. The first-order chi connectivity index (χ1) is 8.94. The fourth-order valence-corrected chi connectivity index (χ4v) is 3.63. The van der Waals surface area contributed by atoms with Crippen molar-refractivity contribution in [2.45, 2.75) is 26.8 Å². The van der Waals surface area contributed by atoms with Gasteiger partial charge in [-0.1, -0.05) is 6.92 Å². The van der Waals surface area contributed by atoms with E-state index < -0.39 is 9.84 Å². The third-order valence-corrected chi connectivity index (χ3v) is 5.88. The Morgan fingerprint density at radius 2 is 2.16 bits per heavy atom. The maximum Gasteiger partial charge on any atom is 0.271 e. The van der Waals surface area contributed by atoms with Gasteiger partial charge in [0, 0.05) is 12.3 Å². The molecule has 0 atom stereocenters. The quantitative estimate of drug-likeness (QED) is 0.841. The van der Waals surface area contributed by atoms with Gasteiger partial charge in [0.1, 0.15) is 14.5 Å². The molecule has 0 aliphatic carbocycles. The lowest BCUT2D eigenvalue weighted by molar-refractivity contribution is 0.584. The van der Waals surface area contributed by atoms with Crippen LogP contribution in [0.3, 0.4) is 0 Å². The Balaban J connectivity index is 2.18. The number of rotatable bonds is 5. The Kier molecular flexibility index (Phi) is 4.05. The second kappa shape index (κ2) is 5.42. The van der Waals surface area contributed by atoms with Crippen LogP contribution < -0.4 is 5.56 Å². The Hall–Kier alpha value is -1.21. The van der Waals surface area contributed by atoms with E-state index in [0.717, 1.165) is 11.1 Å². The van der Waals surface area contributed by atoms with Crippen molar-refractivity contribution in [1.29, 1.82) is 0 Å². The van der Waals surface area contributed by atoms with Crippen molar-refractivity contribution in [2.75, 3.05) is 11.5 Å². The molecule has 0 aromatic carbocycles. The monoisotopic (exact) mass is 300 g/mol. The fourth-order valence-electron chi connectivity index (χ4n) is 1.82. The topological polar surface area (TPSA) is 69.0 Å². The summed E-state index contributed by atoms with van der Waals surface area (Å²) >= 11 is 1.38. The molecule has 0 fully saturated rings. The van der Waals surface area contributed by atoms with Crippen molar-refractivity contribution in [3.8, 4) is 0 Å². The van der Waals surface area contributed by atoms with E-state index in [9.17, 15) is 13.2 Å². The molecule has 0 amide bonds. The number of aryl methyl sites for hydroxylation is 2. The van der Waals surface area contributed by atoms with Gasteiger partial charge in [-0.05, 0) is 24.3 Å². The van der Waals surface area contributed by atoms with Crippen LogP contribution in [0, 0.1) is 6.92 Å². The van der Waals surface area contributed by atoms with E-state index >= 15 is 0 Å². The molecule has 7 heteroatoms. The largest absolute Gasteiger partial charge is 0.298 e. The molecule has 0 saturated carbocycles. The maximum atomic E-state index is 12.2. The molecule has 2 heterocycles. The molecule has 0 aliphatic heterocycles. The smallest absolute Gasteiger partial charge is 0.271 e. The predicted molar refractivity (Wildman–Crippen MR) is 77.6 cm³/mol. The van der Waals surface area contributed by atoms with Gasteiger partial charge in [0.2, 0.25) is 0 Å². The molecule has 0 unspecified atom stereocenters. The third-order valence-electron chi connectivity index (χ3n) is 3.02. The number of sulfone groups is 1. The van der Waals surface area contributed by atoms with E-state index in [1.54, 1.807) is 6.92 Å². The summed E-state index contributed by atoms with van der Waals surface area (Å²) in [6, 6.07) is 0. The minimum atomic E-state index is -2.97. The zero-order valence-electron chi connectivity index (χ0n) is 10.9. The van der Waals surface area contributed by atoms with E-state index in [0.29, 0.717) is 17.7 Å². The summed E-state index contributed by atoms with van der Waals surface area (Å²) in [6.07, 6.45) is 1.94. The van der Waals surface area contributed by atoms with Crippen LogP contribution in [0.25, 0.3) is 10.2 Å². The van der Waals surface area contributed by atoms with Gasteiger partial charge in [-0.3, -0.25) is 9.36 Å². The normalized spacial score (nSPS) is 12.1. The number of hydrogen-bond donors (Lipinski definition) is 0. The van der Waals surface area contributed by atoms with Crippen LogP contribution in [0.1, 0.15) is 18.9 Å². The number of hydrogen-bond acceptors (Lipinski definition) is 5. The first-order valence-electron chi connectivity index (χ1n) is 6.08. The van der Waals surface area contributed by atoms with Crippen molar-refractivity contribution in [1.82, 2.24) is 9.55 Å². The zero-order chi connectivity index (χ0) is 14.0. The van der Waals surface area contributed by atoms with Crippen molar-refractivity contribution in [3.05, 3.63) is 27.6 Å². The highest BCUT2D eigenvalue weighted by atomic mass is 32.2. The van der Waals surface area contributed by atoms with Crippen molar-refractivity contribution >= 4 is 31.4 Å². The standard InChI is InChI=1S/C12H16N2O3S2/c1-3-19(16,17)6-4-5-14-8-13-10-9(2)7-18-11(10)12(14)15/h7-8H,3-6H2,1-2H3. The Labute approximate surface area is 115 Å². The van der Waals surface area contributed by atoms with Gasteiger partial charge in [-0.2, -0.15) is 0 Å². The minimum absolute atomic E-state index is 0.0861. The molecule has 0 saturated heterocycles. The van der Waals surface area contributed by atoms with Crippen LogP contribution in [-0.4, -0.2) is 29.5 Å². The van der Waals surface area contributed by atoms with Crippen LogP contribution in [0.15, 0.2) is 16.5 Å².